The predicted octanol–water partition coefficient (Wildman–Crippen LogP) is 2.62. The highest BCUT2D eigenvalue weighted by Gasteiger charge is 2.15. The first-order chi connectivity index (χ1) is 8.13. The first-order valence-corrected chi connectivity index (χ1v) is 6.02. The number of carbonyl (C=O) groups is 1. The van der Waals surface area contributed by atoms with E-state index in [1.165, 1.54) is 6.92 Å². The Kier molecular flexibility index (Phi) is 5.63. The summed E-state index contributed by atoms with van der Waals surface area (Å²) in [6.07, 6.45) is 0.521. The summed E-state index contributed by atoms with van der Waals surface area (Å²) in [7, 11) is 0. The standard InChI is InChI=1S/C13H17NO2S/c1-3-16-13(17)9-12(14-10(2)15)11-7-5-4-6-8-11/h4-8,12H,3,9H2,1-2H3,(H,14,15). The molecule has 17 heavy (non-hydrogen) atoms. The van der Waals surface area contributed by atoms with Gasteiger partial charge in [-0.25, -0.2) is 0 Å². The van der Waals surface area contributed by atoms with Gasteiger partial charge in [0.2, 0.25) is 5.91 Å². The van der Waals surface area contributed by atoms with Crippen molar-refractivity contribution in [2.45, 2.75) is 26.3 Å². The van der Waals surface area contributed by atoms with Crippen LogP contribution < -0.4 is 5.32 Å². The zero-order chi connectivity index (χ0) is 12.7. The highest BCUT2D eigenvalue weighted by Crippen LogP contribution is 2.17. The van der Waals surface area contributed by atoms with Gasteiger partial charge in [0.1, 0.15) is 0 Å². The van der Waals surface area contributed by atoms with E-state index in [2.05, 4.69) is 5.32 Å². The molecule has 4 heteroatoms. The van der Waals surface area contributed by atoms with Crippen LogP contribution in [0.3, 0.4) is 0 Å². The molecule has 1 atom stereocenters. The van der Waals surface area contributed by atoms with Crippen LogP contribution in [-0.4, -0.2) is 17.6 Å². The number of hydrogen-bond acceptors (Lipinski definition) is 3. The van der Waals surface area contributed by atoms with Crippen LogP contribution in [0.25, 0.3) is 0 Å². The van der Waals surface area contributed by atoms with Crippen molar-refractivity contribution in [1.29, 1.82) is 0 Å². The minimum absolute atomic E-state index is 0.0712. The van der Waals surface area contributed by atoms with Gasteiger partial charge in [0.15, 0.2) is 5.05 Å². The fraction of sp³-hybridized carbons (Fsp3) is 0.385. The summed E-state index contributed by atoms with van der Waals surface area (Å²) in [4.78, 5) is 11.2. The zero-order valence-electron chi connectivity index (χ0n) is 10.1. The van der Waals surface area contributed by atoms with Crippen molar-refractivity contribution in [3.05, 3.63) is 35.9 Å². The minimum Gasteiger partial charge on any atom is -0.487 e. The molecule has 0 saturated heterocycles. The average Bonchev–Trinajstić information content (AvgIpc) is 2.29. The van der Waals surface area contributed by atoms with Crippen LogP contribution >= 0.6 is 12.2 Å². The quantitative estimate of drug-likeness (QED) is 0.818. The molecule has 0 aliphatic carbocycles. The second-order valence-electron chi connectivity index (χ2n) is 3.67. The highest BCUT2D eigenvalue weighted by molar-refractivity contribution is 7.80. The van der Waals surface area contributed by atoms with E-state index in [1.54, 1.807) is 0 Å². The Morgan fingerprint density at radius 2 is 2.06 bits per heavy atom. The maximum atomic E-state index is 11.2. The summed E-state index contributed by atoms with van der Waals surface area (Å²) < 4.78 is 5.26. The van der Waals surface area contributed by atoms with Crippen molar-refractivity contribution in [1.82, 2.24) is 5.32 Å². The molecule has 0 aromatic heterocycles. The molecule has 0 saturated carbocycles. The van der Waals surface area contributed by atoms with Gasteiger partial charge in [-0.2, -0.15) is 0 Å². The molecule has 1 rings (SSSR count). The molecule has 0 fully saturated rings. The van der Waals surface area contributed by atoms with E-state index in [0.717, 1.165) is 5.56 Å². The lowest BCUT2D eigenvalue weighted by Crippen LogP contribution is -2.28. The third kappa shape index (κ3) is 4.95. The number of ether oxygens (including phenoxy) is 1. The normalized spacial score (nSPS) is 11.6. The number of rotatable bonds is 5. The lowest BCUT2D eigenvalue weighted by molar-refractivity contribution is -0.119. The molecule has 0 heterocycles. The molecule has 3 nitrogen and oxygen atoms in total. The van der Waals surface area contributed by atoms with Crippen LogP contribution in [0.4, 0.5) is 0 Å². The summed E-state index contributed by atoms with van der Waals surface area (Å²) >= 11 is 5.11. The van der Waals surface area contributed by atoms with Gasteiger partial charge in [0, 0.05) is 13.3 Å². The Labute approximate surface area is 107 Å². The third-order valence-electron chi connectivity index (χ3n) is 2.26. The number of carbonyl (C=O) groups excluding carboxylic acids is 1. The third-order valence-corrected chi connectivity index (χ3v) is 2.54. The van der Waals surface area contributed by atoms with E-state index in [1.807, 2.05) is 37.3 Å². The zero-order valence-corrected chi connectivity index (χ0v) is 10.9. The molecule has 1 aromatic rings. The fourth-order valence-electron chi connectivity index (χ4n) is 1.57. The lowest BCUT2D eigenvalue weighted by atomic mass is 10.0. The average molecular weight is 251 g/mol. The molecule has 0 aliphatic heterocycles. The Hall–Kier alpha value is -1.42. The van der Waals surface area contributed by atoms with Gasteiger partial charge in [-0.05, 0) is 24.7 Å². The van der Waals surface area contributed by atoms with Crippen LogP contribution in [0.5, 0.6) is 0 Å². The molecule has 1 N–H and O–H groups in total. The Bertz CT molecular complexity index is 378. The first kappa shape index (κ1) is 13.6. The largest absolute Gasteiger partial charge is 0.487 e. The van der Waals surface area contributed by atoms with Gasteiger partial charge in [0.25, 0.3) is 0 Å². The van der Waals surface area contributed by atoms with E-state index < -0.39 is 0 Å². The lowest BCUT2D eigenvalue weighted by Gasteiger charge is -2.18. The molecular weight excluding hydrogens is 234 g/mol. The SMILES string of the molecule is CCOC(=S)CC(NC(C)=O)c1ccccc1. The van der Waals surface area contributed by atoms with Crippen LogP contribution in [0.2, 0.25) is 0 Å². The summed E-state index contributed by atoms with van der Waals surface area (Å²) in [6, 6.07) is 9.63. The van der Waals surface area contributed by atoms with Gasteiger partial charge >= 0.3 is 0 Å². The fourth-order valence-corrected chi connectivity index (χ4v) is 1.85. The van der Waals surface area contributed by atoms with E-state index >= 15 is 0 Å². The highest BCUT2D eigenvalue weighted by atomic mass is 32.1. The van der Waals surface area contributed by atoms with Gasteiger partial charge in [0.05, 0.1) is 12.6 Å². The van der Waals surface area contributed by atoms with Crippen molar-refractivity contribution in [2.24, 2.45) is 0 Å². The molecule has 1 unspecified atom stereocenters. The Morgan fingerprint density at radius 1 is 1.41 bits per heavy atom. The van der Waals surface area contributed by atoms with E-state index in [9.17, 15) is 4.79 Å². The van der Waals surface area contributed by atoms with Gasteiger partial charge in [-0.3, -0.25) is 4.79 Å². The van der Waals surface area contributed by atoms with E-state index in [0.29, 0.717) is 18.1 Å². The van der Waals surface area contributed by atoms with Gasteiger partial charge in [-0.1, -0.05) is 30.3 Å². The molecule has 92 valence electrons. The minimum atomic E-state index is -0.118. The smallest absolute Gasteiger partial charge is 0.217 e. The van der Waals surface area contributed by atoms with E-state index in [-0.39, 0.29) is 11.9 Å². The summed E-state index contributed by atoms with van der Waals surface area (Å²) in [5, 5.41) is 3.40. The van der Waals surface area contributed by atoms with E-state index in [4.69, 9.17) is 17.0 Å². The van der Waals surface area contributed by atoms with Crippen LogP contribution in [0.15, 0.2) is 30.3 Å². The number of amides is 1. The second-order valence-corrected chi connectivity index (χ2v) is 4.13. The van der Waals surface area contributed by atoms with Gasteiger partial charge in [-0.15, -0.1) is 0 Å². The summed E-state index contributed by atoms with van der Waals surface area (Å²) in [6.45, 7) is 3.95. The monoisotopic (exact) mass is 251 g/mol. The maximum Gasteiger partial charge on any atom is 0.217 e. The molecule has 1 aromatic carbocycles. The van der Waals surface area contributed by atoms with Crippen molar-refractivity contribution >= 4 is 23.2 Å². The maximum absolute atomic E-state index is 11.2. The molecule has 0 radical (unpaired) electrons. The molecule has 0 aliphatic rings. The second kappa shape index (κ2) is 7.01. The number of nitrogens with one attached hydrogen (secondary N) is 1. The Balaban J connectivity index is 2.74. The number of thiocarbonyl (C=S) groups is 1. The van der Waals surface area contributed by atoms with Crippen molar-refractivity contribution in [2.75, 3.05) is 6.61 Å². The van der Waals surface area contributed by atoms with Gasteiger partial charge < -0.3 is 10.1 Å². The van der Waals surface area contributed by atoms with Crippen LogP contribution in [-0.2, 0) is 9.53 Å². The van der Waals surface area contributed by atoms with Crippen molar-refractivity contribution in [3.8, 4) is 0 Å². The van der Waals surface area contributed by atoms with Crippen molar-refractivity contribution in [3.63, 3.8) is 0 Å². The molecule has 0 bridgehead atoms. The molecular formula is C13H17NO2S. The number of benzene rings is 1. The van der Waals surface area contributed by atoms with Crippen LogP contribution in [0.1, 0.15) is 31.9 Å². The van der Waals surface area contributed by atoms with Crippen molar-refractivity contribution < 1.29 is 9.53 Å². The Morgan fingerprint density at radius 3 is 2.59 bits per heavy atom. The summed E-state index contributed by atoms with van der Waals surface area (Å²) in [5.41, 5.74) is 1.03. The predicted molar refractivity (Wildman–Crippen MR) is 71.8 cm³/mol. The number of hydrogen-bond donors (Lipinski definition) is 1. The molecule has 1 amide bonds. The summed E-state index contributed by atoms with van der Waals surface area (Å²) in [5.74, 6) is -0.0712. The first-order valence-electron chi connectivity index (χ1n) is 5.61. The van der Waals surface area contributed by atoms with Crippen LogP contribution in [0, 0.1) is 0 Å². The topological polar surface area (TPSA) is 38.3 Å². The molecule has 0 spiro atoms.